The van der Waals surface area contributed by atoms with E-state index in [1.807, 2.05) is 33.0 Å². The first-order valence-electron chi connectivity index (χ1n) is 14.6. The molecule has 3 aliphatic heterocycles. The summed E-state index contributed by atoms with van der Waals surface area (Å²) in [7, 11) is 3.74. The molecule has 4 heterocycles. The first-order chi connectivity index (χ1) is 19.7. The second-order valence-electron chi connectivity index (χ2n) is 12.0. The quantitative estimate of drug-likeness (QED) is 0.389. The van der Waals surface area contributed by atoms with Crippen LogP contribution in [-0.2, 0) is 22.5 Å². The van der Waals surface area contributed by atoms with Crippen molar-refractivity contribution >= 4 is 33.9 Å². The van der Waals surface area contributed by atoms with Crippen molar-refractivity contribution in [2.45, 2.75) is 59.5 Å². The molecule has 3 aromatic rings. The van der Waals surface area contributed by atoms with Crippen molar-refractivity contribution < 1.29 is 11.0 Å². The highest BCUT2D eigenvalue weighted by atomic mass is 16.5. The fourth-order valence-electron chi connectivity index (χ4n) is 6.39. The first kappa shape index (κ1) is 29.6. The predicted molar refractivity (Wildman–Crippen MR) is 174 cm³/mol. The lowest BCUT2D eigenvalue weighted by Gasteiger charge is -2.34. The Morgan fingerprint density at radius 2 is 1.81 bits per heavy atom. The van der Waals surface area contributed by atoms with Gasteiger partial charge in [0.05, 0.1) is 18.2 Å². The van der Waals surface area contributed by atoms with E-state index in [4.69, 9.17) is 9.72 Å². The summed E-state index contributed by atoms with van der Waals surface area (Å²) in [5, 5.41) is 4.27. The van der Waals surface area contributed by atoms with E-state index in [-0.39, 0.29) is 14.8 Å². The smallest absolute Gasteiger partial charge is 0.244 e. The number of fused-ring (bicyclic) bond motifs is 2. The number of nitrogens with zero attached hydrogens (tertiary/aromatic N) is 5. The minimum absolute atomic E-state index is 0. The molecule has 0 aliphatic carbocycles. The zero-order valence-electron chi connectivity index (χ0n) is 24.8. The highest BCUT2D eigenvalue weighted by molar-refractivity contribution is 5.98. The van der Waals surface area contributed by atoms with Gasteiger partial charge in [0.2, 0.25) is 5.91 Å². The molecule has 0 radical (unpaired) electrons. The third kappa shape index (κ3) is 5.48. The molecule has 8 nitrogen and oxygen atoms in total. The minimum Gasteiger partial charge on any atom is -0.482 e. The maximum Gasteiger partial charge on any atom is 0.244 e. The van der Waals surface area contributed by atoms with E-state index in [0.29, 0.717) is 0 Å². The van der Waals surface area contributed by atoms with Gasteiger partial charge in [-0.3, -0.25) is 9.69 Å². The fraction of sp³-hybridized carbons (Fsp3) is 0.441. The molecule has 0 bridgehead atoms. The average molecular weight is 571 g/mol. The van der Waals surface area contributed by atoms with Gasteiger partial charge in [-0.15, -0.1) is 0 Å². The summed E-state index contributed by atoms with van der Waals surface area (Å²) in [6.07, 6.45) is 9.08. The summed E-state index contributed by atoms with van der Waals surface area (Å²) < 4.78 is 5.47. The van der Waals surface area contributed by atoms with Gasteiger partial charge in [-0.25, -0.2) is 9.97 Å². The van der Waals surface area contributed by atoms with Crippen LogP contribution >= 0.6 is 0 Å². The Kier molecular flexibility index (Phi) is 8.28. The third-order valence-electron chi connectivity index (χ3n) is 8.93. The van der Waals surface area contributed by atoms with Crippen LogP contribution in [0.5, 0.6) is 0 Å². The second-order valence-corrected chi connectivity index (χ2v) is 12.0. The predicted octanol–water partition coefficient (Wildman–Crippen LogP) is 6.01. The molecule has 1 N–H and O–H groups in total. The van der Waals surface area contributed by atoms with Crippen molar-refractivity contribution in [1.82, 2.24) is 19.8 Å². The summed E-state index contributed by atoms with van der Waals surface area (Å²) >= 11 is 0. The van der Waals surface area contributed by atoms with Crippen LogP contribution in [0.2, 0.25) is 0 Å². The fourth-order valence-corrected chi connectivity index (χ4v) is 6.39. The third-order valence-corrected chi connectivity index (χ3v) is 8.93. The number of anilines is 2. The number of methoxy groups -OCH3 is 1. The van der Waals surface area contributed by atoms with Crippen molar-refractivity contribution in [3.05, 3.63) is 76.9 Å². The number of ether oxygens (including phenoxy) is 1. The van der Waals surface area contributed by atoms with Gasteiger partial charge in [-0.1, -0.05) is 19.6 Å². The van der Waals surface area contributed by atoms with Crippen LogP contribution in [0.3, 0.4) is 0 Å². The van der Waals surface area contributed by atoms with E-state index in [9.17, 15) is 4.79 Å². The number of likely N-dealkylation sites (tertiary alicyclic amines) is 1. The van der Waals surface area contributed by atoms with E-state index in [1.54, 1.807) is 13.4 Å². The summed E-state index contributed by atoms with van der Waals surface area (Å²) in [5.41, 5.74) is 7.39. The van der Waals surface area contributed by atoms with Crippen molar-refractivity contribution in [1.29, 1.82) is 0 Å². The Hall–Kier alpha value is -3.91. The lowest BCUT2D eigenvalue weighted by Crippen LogP contribution is -2.51. The first-order valence-corrected chi connectivity index (χ1v) is 14.6. The number of rotatable bonds is 6. The molecule has 0 saturated carbocycles. The minimum atomic E-state index is -0.530. The summed E-state index contributed by atoms with van der Waals surface area (Å²) in [6, 6.07) is 10.8. The van der Waals surface area contributed by atoms with Gasteiger partial charge < -0.3 is 19.9 Å². The molecule has 1 fully saturated rings. The molecule has 0 unspecified atom stereocenters. The summed E-state index contributed by atoms with van der Waals surface area (Å²) in [4.78, 5) is 29.5. The maximum atomic E-state index is 13.3. The number of hydrogen-bond donors (Lipinski definition) is 1. The Morgan fingerprint density at radius 1 is 1.02 bits per heavy atom. The number of benzene rings is 2. The molecule has 224 valence electrons. The average Bonchev–Trinajstić information content (AvgIpc) is 3.53. The largest absolute Gasteiger partial charge is 0.482 e. The van der Waals surface area contributed by atoms with Gasteiger partial charge in [-0.05, 0) is 111 Å². The zero-order chi connectivity index (χ0) is 28.7. The van der Waals surface area contributed by atoms with E-state index in [2.05, 4.69) is 62.3 Å². The molecule has 1 amide bonds. The number of amides is 1. The lowest BCUT2D eigenvalue weighted by molar-refractivity contribution is -0.125. The number of likely N-dealkylation sites (N-methyl/N-ethyl adjacent to an activating group) is 1. The molecule has 1 saturated heterocycles. The number of allylic oxidation sites excluding steroid dienone is 2. The van der Waals surface area contributed by atoms with Crippen molar-refractivity contribution in [2.75, 3.05) is 50.6 Å². The summed E-state index contributed by atoms with van der Waals surface area (Å²) in [6.45, 7) is 10.5. The van der Waals surface area contributed by atoms with E-state index < -0.39 is 5.54 Å². The van der Waals surface area contributed by atoms with E-state index >= 15 is 0 Å². The monoisotopic (exact) mass is 570 g/mol. The van der Waals surface area contributed by atoms with Crippen LogP contribution in [0.15, 0.2) is 54.7 Å². The Bertz CT molecular complexity index is 1560. The van der Waals surface area contributed by atoms with E-state index in [1.165, 1.54) is 22.3 Å². The molecule has 42 heavy (non-hydrogen) atoms. The standard InChI is InChI=1S/C33H40N6O2.CH4.H2/c1-22-16-25(24-9-11-29(41-5)37(4)19-24)18-28-30(22)34-21-35-31(28)38-15-12-23-8-10-27(17-26(23)20-38)36-32(40)33(2,3)39-13-6-7-14-39;;/h8-11,16-18,21H,6-7,12-15,19-20H2,1-5H3,(H,36,40);1H4;1H. The molecular formula is C34H46N6O2. The van der Waals surface area contributed by atoms with Gasteiger partial charge in [0.1, 0.15) is 12.1 Å². The number of aromatic nitrogens is 2. The van der Waals surface area contributed by atoms with Gasteiger partial charge in [0, 0.05) is 39.2 Å². The van der Waals surface area contributed by atoms with Crippen molar-refractivity contribution in [2.24, 2.45) is 0 Å². The van der Waals surface area contributed by atoms with Crippen LogP contribution in [-0.4, -0.2) is 71.6 Å². The molecule has 0 spiro atoms. The summed E-state index contributed by atoms with van der Waals surface area (Å²) in [5.74, 6) is 1.86. The highest BCUT2D eigenvalue weighted by Crippen LogP contribution is 2.34. The van der Waals surface area contributed by atoms with Crippen LogP contribution < -0.4 is 10.2 Å². The molecule has 1 aromatic heterocycles. The Morgan fingerprint density at radius 3 is 2.55 bits per heavy atom. The van der Waals surface area contributed by atoms with Crippen molar-refractivity contribution in [3.8, 4) is 0 Å². The molecule has 3 aliphatic rings. The topological polar surface area (TPSA) is 73.8 Å². The molecular weight excluding hydrogens is 524 g/mol. The number of aryl methyl sites for hydroxylation is 1. The van der Waals surface area contributed by atoms with Crippen molar-refractivity contribution in [3.63, 3.8) is 0 Å². The number of carbonyl (C=O) groups excluding carboxylic acids is 1. The van der Waals surface area contributed by atoms with Crippen LogP contribution in [0.1, 0.15) is 57.8 Å². The van der Waals surface area contributed by atoms with Crippen LogP contribution in [0.4, 0.5) is 11.5 Å². The maximum absolute atomic E-state index is 13.3. The number of nitrogens with one attached hydrogen (secondary N) is 1. The Labute approximate surface area is 251 Å². The Balaban J connectivity index is 0.00000212. The molecule has 0 atom stereocenters. The van der Waals surface area contributed by atoms with Gasteiger partial charge in [-0.2, -0.15) is 0 Å². The molecule has 8 heteroatoms. The number of carbonyl (C=O) groups is 1. The van der Waals surface area contributed by atoms with Gasteiger partial charge in [0.25, 0.3) is 0 Å². The molecule has 2 aromatic carbocycles. The van der Waals surface area contributed by atoms with Gasteiger partial charge >= 0.3 is 0 Å². The van der Waals surface area contributed by atoms with Crippen LogP contribution in [0, 0.1) is 6.92 Å². The molecule has 6 rings (SSSR count). The SMILES string of the molecule is C.COC1=CC=C(c2cc(C)c3ncnc(N4CCc5ccc(NC(=O)C(C)(C)N6CCCC6)cc5C4)c3c2)CN1C.[HH]. The highest BCUT2D eigenvalue weighted by Gasteiger charge is 2.36. The second kappa shape index (κ2) is 11.8. The normalized spacial score (nSPS) is 17.4. The van der Waals surface area contributed by atoms with Crippen LogP contribution in [0.25, 0.3) is 16.5 Å². The number of hydrogen-bond acceptors (Lipinski definition) is 7. The van der Waals surface area contributed by atoms with E-state index in [0.717, 1.165) is 85.8 Å². The van der Waals surface area contributed by atoms with Gasteiger partial charge in [0.15, 0.2) is 5.88 Å². The zero-order valence-corrected chi connectivity index (χ0v) is 24.8. The lowest BCUT2D eigenvalue weighted by atomic mass is 9.96.